The lowest BCUT2D eigenvalue weighted by Gasteiger charge is -2.30. The van der Waals surface area contributed by atoms with Gasteiger partial charge in [-0.2, -0.15) is 0 Å². The summed E-state index contributed by atoms with van der Waals surface area (Å²) in [7, 11) is 0. The first-order valence-corrected chi connectivity index (χ1v) is 5.90. The molecule has 14 heavy (non-hydrogen) atoms. The Morgan fingerprint density at radius 3 is 2.07 bits per heavy atom. The second-order valence-corrected chi connectivity index (χ2v) is 7.00. The first-order valence-electron chi connectivity index (χ1n) is 5.08. The van der Waals surface area contributed by atoms with Crippen LogP contribution >= 0.6 is 11.8 Å². The summed E-state index contributed by atoms with van der Waals surface area (Å²) in [5.74, 6) is 0. The van der Waals surface area contributed by atoms with Gasteiger partial charge in [-0.05, 0) is 18.6 Å². The van der Waals surface area contributed by atoms with Gasteiger partial charge in [-0.15, -0.1) is 11.8 Å². The van der Waals surface area contributed by atoms with Crippen molar-refractivity contribution in [3.63, 3.8) is 0 Å². The first-order chi connectivity index (χ1) is 6.23. The summed E-state index contributed by atoms with van der Waals surface area (Å²) in [6.45, 7) is 16.9. The van der Waals surface area contributed by atoms with Crippen molar-refractivity contribution < 1.29 is 0 Å². The van der Waals surface area contributed by atoms with Gasteiger partial charge in [0, 0.05) is 15.9 Å². The van der Waals surface area contributed by atoms with E-state index in [9.17, 15) is 0 Å². The molecule has 0 saturated heterocycles. The fraction of sp³-hybridized carbons (Fsp3) is 0.750. The smallest absolute Gasteiger partial charge is 0.0361 e. The molecule has 82 valence electrons. The van der Waals surface area contributed by atoms with Crippen molar-refractivity contribution in [1.82, 2.24) is 0 Å². The van der Waals surface area contributed by atoms with E-state index >= 15 is 0 Å². The van der Waals surface area contributed by atoms with Crippen LogP contribution < -0.4 is 0 Å². The second-order valence-electron chi connectivity index (χ2n) is 5.13. The third kappa shape index (κ3) is 4.85. The van der Waals surface area contributed by atoms with Gasteiger partial charge in [-0.25, -0.2) is 0 Å². The number of nitrogens with zero attached hydrogens (tertiary/aromatic N) is 1. The zero-order valence-electron chi connectivity index (χ0n) is 10.3. The third-order valence-corrected chi connectivity index (χ3v) is 3.67. The van der Waals surface area contributed by atoms with Gasteiger partial charge in [0.25, 0.3) is 0 Å². The van der Waals surface area contributed by atoms with E-state index in [2.05, 4.69) is 53.3 Å². The highest BCUT2D eigenvalue weighted by Gasteiger charge is 2.25. The summed E-state index contributed by atoms with van der Waals surface area (Å²) in [5.41, 5.74) is 0.207. The minimum atomic E-state index is 0.207. The molecule has 0 spiro atoms. The van der Waals surface area contributed by atoms with Crippen LogP contribution in [0.4, 0.5) is 0 Å². The quantitative estimate of drug-likeness (QED) is 0.626. The van der Waals surface area contributed by atoms with Crippen LogP contribution in [0.1, 0.15) is 48.0 Å². The molecule has 1 nitrogen and oxygen atoms in total. The van der Waals surface area contributed by atoms with Crippen LogP contribution in [0.2, 0.25) is 0 Å². The summed E-state index contributed by atoms with van der Waals surface area (Å²) in [6, 6.07) is 0. The lowest BCUT2D eigenvalue weighted by atomic mass is 9.90. The van der Waals surface area contributed by atoms with Gasteiger partial charge in [0.1, 0.15) is 0 Å². The summed E-state index contributed by atoms with van der Waals surface area (Å²) >= 11 is 1.89. The molecule has 0 aliphatic rings. The van der Waals surface area contributed by atoms with Crippen LogP contribution in [-0.2, 0) is 0 Å². The monoisotopic (exact) mass is 213 g/mol. The van der Waals surface area contributed by atoms with E-state index in [4.69, 9.17) is 0 Å². The molecular formula is C12H23NS. The summed E-state index contributed by atoms with van der Waals surface area (Å²) in [4.78, 5) is 5.22. The molecule has 0 N–H and O–H groups in total. The number of thioether (sulfide) groups is 1. The van der Waals surface area contributed by atoms with Crippen molar-refractivity contribution in [2.24, 2.45) is 10.4 Å². The zero-order chi connectivity index (χ0) is 11.4. The SMILES string of the molecule is C=N/C=C(\SC(C)(C)C)C(C)(C)CC. The highest BCUT2D eigenvalue weighted by molar-refractivity contribution is 8.04. The molecular weight excluding hydrogens is 190 g/mol. The molecule has 0 radical (unpaired) electrons. The van der Waals surface area contributed by atoms with Gasteiger partial charge in [-0.1, -0.05) is 41.5 Å². The van der Waals surface area contributed by atoms with Crippen LogP contribution in [-0.4, -0.2) is 11.5 Å². The van der Waals surface area contributed by atoms with Gasteiger partial charge in [0.15, 0.2) is 0 Å². The van der Waals surface area contributed by atoms with Crippen LogP contribution in [0.25, 0.3) is 0 Å². The van der Waals surface area contributed by atoms with Crippen molar-refractivity contribution in [3.8, 4) is 0 Å². The maximum Gasteiger partial charge on any atom is 0.0361 e. The summed E-state index contributed by atoms with van der Waals surface area (Å²) in [6.07, 6.45) is 3.02. The van der Waals surface area contributed by atoms with E-state index in [-0.39, 0.29) is 10.2 Å². The Balaban J connectivity index is 4.80. The van der Waals surface area contributed by atoms with E-state index in [1.54, 1.807) is 0 Å². The Bertz CT molecular complexity index is 221. The van der Waals surface area contributed by atoms with Crippen LogP contribution in [0.3, 0.4) is 0 Å². The molecule has 0 aromatic rings. The average Bonchev–Trinajstić information content (AvgIpc) is 2.01. The Hall–Kier alpha value is -0.240. The van der Waals surface area contributed by atoms with E-state index in [0.29, 0.717) is 0 Å². The van der Waals surface area contributed by atoms with Crippen molar-refractivity contribution >= 4 is 18.5 Å². The van der Waals surface area contributed by atoms with E-state index < -0.39 is 0 Å². The Morgan fingerprint density at radius 1 is 1.29 bits per heavy atom. The van der Waals surface area contributed by atoms with Gasteiger partial charge in [0.2, 0.25) is 0 Å². The molecule has 0 bridgehead atoms. The number of rotatable bonds is 4. The van der Waals surface area contributed by atoms with Crippen LogP contribution in [0.5, 0.6) is 0 Å². The first kappa shape index (κ1) is 13.8. The lowest BCUT2D eigenvalue weighted by molar-refractivity contribution is 0.451. The second kappa shape index (κ2) is 5.01. The predicted octanol–water partition coefficient (Wildman–Crippen LogP) is 4.50. The molecule has 0 aliphatic carbocycles. The van der Waals surface area contributed by atoms with Crippen molar-refractivity contribution in [3.05, 3.63) is 11.1 Å². The van der Waals surface area contributed by atoms with Gasteiger partial charge in [-0.3, -0.25) is 4.99 Å². The maximum atomic E-state index is 3.90. The van der Waals surface area contributed by atoms with Crippen molar-refractivity contribution in [2.45, 2.75) is 52.7 Å². The zero-order valence-corrected chi connectivity index (χ0v) is 11.2. The van der Waals surface area contributed by atoms with Crippen LogP contribution in [0, 0.1) is 5.41 Å². The average molecular weight is 213 g/mol. The number of hydrogen-bond donors (Lipinski definition) is 0. The highest BCUT2D eigenvalue weighted by atomic mass is 32.2. The topological polar surface area (TPSA) is 12.4 Å². The molecule has 0 heterocycles. The Morgan fingerprint density at radius 2 is 1.79 bits per heavy atom. The molecule has 0 amide bonds. The fourth-order valence-corrected chi connectivity index (χ4v) is 2.13. The minimum absolute atomic E-state index is 0.207. The number of allylic oxidation sites excluding steroid dienone is 1. The van der Waals surface area contributed by atoms with E-state index in [0.717, 1.165) is 6.42 Å². The van der Waals surface area contributed by atoms with Gasteiger partial charge in [0.05, 0.1) is 0 Å². The molecule has 0 aliphatic heterocycles. The molecule has 0 atom stereocenters. The van der Waals surface area contributed by atoms with Gasteiger partial charge >= 0.3 is 0 Å². The molecule has 0 saturated carbocycles. The Kier molecular flexibility index (Phi) is 4.93. The molecule has 2 heteroatoms. The summed E-state index contributed by atoms with van der Waals surface area (Å²) in [5, 5.41) is 0. The molecule has 0 unspecified atom stereocenters. The minimum Gasteiger partial charge on any atom is -0.272 e. The van der Waals surface area contributed by atoms with Gasteiger partial charge < -0.3 is 0 Å². The standard InChI is InChI=1S/C12H23NS/c1-8-12(5,6)10(9-13-7)14-11(2,3)4/h9H,7-8H2,1-6H3/b10-9-. The molecule has 0 aromatic heterocycles. The van der Waals surface area contributed by atoms with Crippen molar-refractivity contribution in [2.75, 3.05) is 0 Å². The Labute approximate surface area is 93.1 Å². The number of aliphatic imine (C=N–C) groups is 1. The number of hydrogen-bond acceptors (Lipinski definition) is 2. The van der Waals surface area contributed by atoms with E-state index in [1.807, 2.05) is 18.0 Å². The normalized spacial score (nSPS) is 14.3. The summed E-state index contributed by atoms with van der Waals surface area (Å²) < 4.78 is 0.239. The largest absolute Gasteiger partial charge is 0.272 e. The predicted molar refractivity (Wildman–Crippen MR) is 69.0 cm³/mol. The molecule has 0 rings (SSSR count). The highest BCUT2D eigenvalue weighted by Crippen LogP contribution is 2.43. The third-order valence-electron chi connectivity index (χ3n) is 2.18. The fourth-order valence-electron chi connectivity index (χ4n) is 0.926. The van der Waals surface area contributed by atoms with Crippen LogP contribution in [0.15, 0.2) is 16.1 Å². The molecule has 0 fully saturated rings. The van der Waals surface area contributed by atoms with E-state index in [1.165, 1.54) is 4.91 Å². The molecule has 0 aromatic carbocycles. The lowest BCUT2D eigenvalue weighted by Crippen LogP contribution is -2.17. The maximum absolute atomic E-state index is 3.90. The van der Waals surface area contributed by atoms with Crippen molar-refractivity contribution in [1.29, 1.82) is 0 Å².